The van der Waals surface area contributed by atoms with Gasteiger partial charge in [-0.25, -0.2) is 0 Å². The molecule has 0 saturated carbocycles. The van der Waals surface area contributed by atoms with Crippen molar-refractivity contribution in [3.63, 3.8) is 0 Å². The summed E-state index contributed by atoms with van der Waals surface area (Å²) in [5, 5.41) is 5.26. The number of carbonyl (C=O) groups excluding carboxylic acids is 2. The second kappa shape index (κ2) is 10.8. The number of fused-ring (bicyclic) bond motifs is 1. The van der Waals surface area contributed by atoms with E-state index in [2.05, 4.69) is 11.4 Å². The van der Waals surface area contributed by atoms with E-state index in [0.717, 1.165) is 42.3 Å². The zero-order chi connectivity index (χ0) is 21.0. The van der Waals surface area contributed by atoms with Gasteiger partial charge in [0.1, 0.15) is 6.04 Å². The predicted molar refractivity (Wildman–Crippen MR) is 125 cm³/mol. The van der Waals surface area contributed by atoms with Crippen LogP contribution in [-0.4, -0.2) is 41.9 Å². The maximum absolute atomic E-state index is 13.1. The minimum Gasteiger partial charge on any atom is -0.344 e. The van der Waals surface area contributed by atoms with Gasteiger partial charge in [-0.15, -0.1) is 12.4 Å². The van der Waals surface area contributed by atoms with E-state index < -0.39 is 6.04 Å². The summed E-state index contributed by atoms with van der Waals surface area (Å²) >= 11 is 0. The molecule has 0 spiro atoms. The third-order valence-corrected chi connectivity index (χ3v) is 6.02. The second-order valence-corrected chi connectivity index (χ2v) is 8.67. The normalized spacial score (nSPS) is 16.8. The van der Waals surface area contributed by atoms with Crippen LogP contribution in [0.1, 0.15) is 39.2 Å². The first kappa shape index (κ1) is 24.2. The lowest BCUT2D eigenvalue weighted by molar-refractivity contribution is -0.138. The van der Waals surface area contributed by atoms with Crippen LogP contribution in [-0.2, 0) is 16.0 Å². The maximum Gasteiger partial charge on any atom is 0.245 e. The van der Waals surface area contributed by atoms with Crippen molar-refractivity contribution in [2.75, 3.05) is 13.1 Å². The second-order valence-electron chi connectivity index (χ2n) is 8.67. The highest BCUT2D eigenvalue weighted by Gasteiger charge is 2.31. The van der Waals surface area contributed by atoms with Crippen molar-refractivity contribution in [2.24, 2.45) is 17.6 Å². The van der Waals surface area contributed by atoms with E-state index in [0.29, 0.717) is 5.92 Å². The van der Waals surface area contributed by atoms with Crippen LogP contribution in [0.15, 0.2) is 42.5 Å². The number of piperidine rings is 1. The molecule has 1 heterocycles. The number of benzene rings is 2. The number of nitrogens with zero attached hydrogens (tertiary/aromatic N) is 1. The molecule has 3 N–H and O–H groups in total. The molecule has 0 bridgehead atoms. The Hall–Kier alpha value is -2.11. The molecule has 1 fully saturated rings. The fraction of sp³-hybridized carbons (Fsp3) is 0.500. The number of nitrogens with two attached hydrogens (primary N) is 1. The first-order chi connectivity index (χ1) is 13.8. The van der Waals surface area contributed by atoms with Crippen LogP contribution in [0.3, 0.4) is 0 Å². The van der Waals surface area contributed by atoms with E-state index in [4.69, 9.17) is 5.73 Å². The van der Waals surface area contributed by atoms with Gasteiger partial charge in [0.05, 0.1) is 6.42 Å². The molecular formula is C24H34ClN3O2. The molecule has 3 rings (SSSR count). The fourth-order valence-electron chi connectivity index (χ4n) is 4.11. The number of carbonyl (C=O) groups is 2. The average molecular weight is 432 g/mol. The summed E-state index contributed by atoms with van der Waals surface area (Å²) in [5.74, 6) is 0.418. The minimum atomic E-state index is -0.491. The Morgan fingerprint density at radius 1 is 1.07 bits per heavy atom. The van der Waals surface area contributed by atoms with E-state index in [1.807, 2.05) is 62.1 Å². The summed E-state index contributed by atoms with van der Waals surface area (Å²) < 4.78 is 0. The highest BCUT2D eigenvalue weighted by molar-refractivity contribution is 5.90. The van der Waals surface area contributed by atoms with Gasteiger partial charge >= 0.3 is 0 Å². The molecule has 0 aromatic heterocycles. The molecule has 2 atom stereocenters. The van der Waals surface area contributed by atoms with Crippen molar-refractivity contribution in [1.82, 2.24) is 10.2 Å². The van der Waals surface area contributed by atoms with E-state index >= 15 is 0 Å². The van der Waals surface area contributed by atoms with Gasteiger partial charge in [-0.2, -0.15) is 0 Å². The molecule has 5 nitrogen and oxygen atoms in total. The van der Waals surface area contributed by atoms with Crippen LogP contribution in [0.4, 0.5) is 0 Å². The molecule has 2 aromatic rings. The van der Waals surface area contributed by atoms with Crippen LogP contribution < -0.4 is 11.1 Å². The molecule has 1 saturated heterocycles. The monoisotopic (exact) mass is 431 g/mol. The van der Waals surface area contributed by atoms with Gasteiger partial charge in [0.2, 0.25) is 11.8 Å². The van der Waals surface area contributed by atoms with E-state index in [1.165, 1.54) is 0 Å². The molecule has 2 unspecified atom stereocenters. The number of amides is 2. The fourth-order valence-corrected chi connectivity index (χ4v) is 4.11. The van der Waals surface area contributed by atoms with Crippen LogP contribution in [0, 0.1) is 11.8 Å². The molecule has 6 heteroatoms. The number of likely N-dealkylation sites (tertiary alicyclic amines) is 1. The molecule has 2 aromatic carbocycles. The Bertz CT molecular complexity index is 860. The largest absolute Gasteiger partial charge is 0.344 e. The van der Waals surface area contributed by atoms with E-state index in [-0.39, 0.29) is 42.6 Å². The van der Waals surface area contributed by atoms with Gasteiger partial charge in [-0.1, -0.05) is 56.3 Å². The number of hydrogen-bond donors (Lipinski definition) is 2. The summed E-state index contributed by atoms with van der Waals surface area (Å²) in [6.45, 7) is 7.43. The highest BCUT2D eigenvalue weighted by atomic mass is 35.5. The van der Waals surface area contributed by atoms with Gasteiger partial charge in [-0.3, -0.25) is 9.59 Å². The molecular weight excluding hydrogens is 398 g/mol. The summed E-state index contributed by atoms with van der Waals surface area (Å²) in [5.41, 5.74) is 6.96. The Morgan fingerprint density at radius 2 is 1.70 bits per heavy atom. The van der Waals surface area contributed by atoms with Gasteiger partial charge in [0.15, 0.2) is 0 Å². The lowest BCUT2D eigenvalue weighted by Gasteiger charge is -2.36. The predicted octanol–water partition coefficient (Wildman–Crippen LogP) is 3.53. The Morgan fingerprint density at radius 3 is 2.30 bits per heavy atom. The Labute approximate surface area is 185 Å². The number of halogens is 1. The number of rotatable bonds is 6. The summed E-state index contributed by atoms with van der Waals surface area (Å²) in [6, 6.07) is 13.8. The van der Waals surface area contributed by atoms with Crippen molar-refractivity contribution in [2.45, 2.75) is 52.1 Å². The van der Waals surface area contributed by atoms with Crippen LogP contribution in [0.2, 0.25) is 0 Å². The quantitative estimate of drug-likeness (QED) is 0.734. The van der Waals surface area contributed by atoms with Gasteiger partial charge in [-0.05, 0) is 47.9 Å². The van der Waals surface area contributed by atoms with E-state index in [1.54, 1.807) is 0 Å². The van der Waals surface area contributed by atoms with Gasteiger partial charge in [0.25, 0.3) is 0 Å². The molecule has 164 valence electrons. The molecule has 2 amide bonds. The van der Waals surface area contributed by atoms with Crippen LogP contribution in [0.25, 0.3) is 10.8 Å². The molecule has 1 aliphatic heterocycles. The first-order valence-electron chi connectivity index (χ1n) is 10.7. The van der Waals surface area contributed by atoms with Crippen molar-refractivity contribution in [3.8, 4) is 0 Å². The molecule has 1 aliphatic rings. The summed E-state index contributed by atoms with van der Waals surface area (Å²) in [6.07, 6.45) is 2.13. The Balaban J connectivity index is 0.00000320. The van der Waals surface area contributed by atoms with Crippen molar-refractivity contribution in [1.29, 1.82) is 0 Å². The molecule has 0 radical (unpaired) electrons. The van der Waals surface area contributed by atoms with Gasteiger partial charge in [0, 0.05) is 19.1 Å². The standard InChI is InChI=1S/C24H33N3O2.ClH/c1-16(2)23(24(29)27-12-10-19(11-13-27)17(3)25)26-22(28)15-18-8-9-20-6-4-5-7-21(20)14-18;/h4-9,14,16-17,19,23H,10-13,15,25H2,1-3H3,(H,26,28);1H. The Kier molecular flexibility index (Phi) is 8.68. The van der Waals surface area contributed by atoms with E-state index in [9.17, 15) is 9.59 Å². The van der Waals surface area contributed by atoms with Crippen molar-refractivity contribution >= 4 is 35.0 Å². The third-order valence-electron chi connectivity index (χ3n) is 6.02. The SMILES string of the molecule is CC(C)C(NC(=O)Cc1ccc2ccccc2c1)C(=O)N1CCC(C(C)N)CC1.Cl. The third kappa shape index (κ3) is 5.96. The summed E-state index contributed by atoms with van der Waals surface area (Å²) in [4.78, 5) is 27.6. The van der Waals surface area contributed by atoms with Crippen LogP contribution in [0.5, 0.6) is 0 Å². The summed E-state index contributed by atoms with van der Waals surface area (Å²) in [7, 11) is 0. The first-order valence-corrected chi connectivity index (χ1v) is 10.7. The molecule has 30 heavy (non-hydrogen) atoms. The van der Waals surface area contributed by atoms with Gasteiger partial charge < -0.3 is 16.0 Å². The van der Waals surface area contributed by atoms with Crippen molar-refractivity contribution < 1.29 is 9.59 Å². The highest BCUT2D eigenvalue weighted by Crippen LogP contribution is 2.21. The topological polar surface area (TPSA) is 75.4 Å². The van der Waals surface area contributed by atoms with Crippen LogP contribution >= 0.6 is 12.4 Å². The number of nitrogens with one attached hydrogen (secondary N) is 1. The molecule has 0 aliphatic carbocycles. The lowest BCUT2D eigenvalue weighted by atomic mass is 9.90. The lowest BCUT2D eigenvalue weighted by Crippen LogP contribution is -2.53. The van der Waals surface area contributed by atoms with Crippen molar-refractivity contribution in [3.05, 3.63) is 48.0 Å². The smallest absolute Gasteiger partial charge is 0.245 e. The average Bonchev–Trinajstić information content (AvgIpc) is 2.71. The maximum atomic E-state index is 13.1. The zero-order valence-electron chi connectivity index (χ0n) is 18.1. The number of hydrogen-bond acceptors (Lipinski definition) is 3. The zero-order valence-corrected chi connectivity index (χ0v) is 19.0. The minimum absolute atomic E-state index is 0.